The van der Waals surface area contributed by atoms with Crippen LogP contribution in [0.1, 0.15) is 46.5 Å². The minimum absolute atomic E-state index is 0.193. The lowest BCUT2D eigenvalue weighted by Gasteiger charge is -2.48. The van der Waals surface area contributed by atoms with Crippen molar-refractivity contribution in [1.82, 2.24) is 0 Å². The maximum Gasteiger partial charge on any atom is 0.162 e. The molecule has 1 aliphatic heterocycles. The van der Waals surface area contributed by atoms with Gasteiger partial charge in [-0.1, -0.05) is 20.8 Å². The van der Waals surface area contributed by atoms with Crippen LogP contribution >= 0.6 is 0 Å². The van der Waals surface area contributed by atoms with Crippen LogP contribution in [-0.2, 0) is 9.53 Å². The Labute approximate surface area is 91.7 Å². The molecule has 0 aromatic rings. The zero-order valence-electron chi connectivity index (χ0n) is 9.88. The highest BCUT2D eigenvalue weighted by Crippen LogP contribution is 2.48. The second kappa shape index (κ2) is 3.36. The quantitative estimate of drug-likeness (QED) is 0.611. The summed E-state index contributed by atoms with van der Waals surface area (Å²) in [6.45, 7) is 6.82. The molecule has 1 heterocycles. The molecule has 0 N–H and O–H groups in total. The van der Waals surface area contributed by atoms with E-state index in [1.165, 1.54) is 0 Å². The molecule has 0 aromatic heterocycles. The number of hydrogen-bond donors (Lipinski definition) is 0. The van der Waals surface area contributed by atoms with E-state index in [-0.39, 0.29) is 11.4 Å². The predicted octanol–water partition coefficient (Wildman–Crippen LogP) is 3.07. The third kappa shape index (κ3) is 1.95. The monoisotopic (exact) mass is 208 g/mol. The smallest absolute Gasteiger partial charge is 0.162 e. The first-order chi connectivity index (χ1) is 6.94. The normalized spacial score (nSPS) is 39.1. The van der Waals surface area contributed by atoms with Crippen LogP contribution in [0.2, 0.25) is 0 Å². The lowest BCUT2D eigenvalue weighted by Crippen LogP contribution is -2.47. The second-order valence-corrected chi connectivity index (χ2v) is 5.90. The van der Waals surface area contributed by atoms with Crippen LogP contribution in [0.5, 0.6) is 0 Å². The molecule has 0 aromatic carbocycles. The standard InChI is InChI=1S/C13H20O2/c1-10-8-12(2,3)5-6-13(10)9-11(14)4-7-15-13/h4,7,10H,5-6,8-9H2,1-3H3. The van der Waals surface area contributed by atoms with Gasteiger partial charge in [-0.15, -0.1) is 0 Å². The Balaban J connectivity index is 2.17. The van der Waals surface area contributed by atoms with Crippen molar-refractivity contribution in [3.63, 3.8) is 0 Å². The molecule has 0 radical (unpaired) electrons. The van der Waals surface area contributed by atoms with E-state index >= 15 is 0 Å². The highest BCUT2D eigenvalue weighted by molar-refractivity contribution is 5.90. The van der Waals surface area contributed by atoms with E-state index in [0.717, 1.165) is 19.3 Å². The Morgan fingerprint density at radius 2 is 2.13 bits per heavy atom. The minimum atomic E-state index is -0.193. The molecule has 2 aliphatic rings. The first-order valence-corrected chi connectivity index (χ1v) is 5.81. The van der Waals surface area contributed by atoms with Crippen molar-refractivity contribution in [2.24, 2.45) is 11.3 Å². The Bertz CT molecular complexity index is 304. The third-order valence-corrected chi connectivity index (χ3v) is 4.01. The van der Waals surface area contributed by atoms with Gasteiger partial charge in [0.05, 0.1) is 12.7 Å². The highest BCUT2D eigenvalue weighted by atomic mass is 16.5. The van der Waals surface area contributed by atoms with Gasteiger partial charge < -0.3 is 4.74 Å². The van der Waals surface area contributed by atoms with Crippen molar-refractivity contribution in [1.29, 1.82) is 0 Å². The van der Waals surface area contributed by atoms with Crippen LogP contribution in [0.3, 0.4) is 0 Å². The van der Waals surface area contributed by atoms with E-state index < -0.39 is 0 Å². The zero-order valence-corrected chi connectivity index (χ0v) is 9.88. The molecule has 0 bridgehead atoms. The number of rotatable bonds is 0. The molecule has 1 spiro atoms. The summed E-state index contributed by atoms with van der Waals surface area (Å²) in [5, 5.41) is 0. The van der Waals surface area contributed by atoms with Gasteiger partial charge in [0.2, 0.25) is 0 Å². The largest absolute Gasteiger partial charge is 0.494 e. The molecular formula is C13H20O2. The fourth-order valence-corrected chi connectivity index (χ4v) is 2.99. The van der Waals surface area contributed by atoms with Gasteiger partial charge in [0.15, 0.2) is 5.78 Å². The predicted molar refractivity (Wildman–Crippen MR) is 59.4 cm³/mol. The lowest BCUT2D eigenvalue weighted by atomic mass is 9.63. The number of hydrogen-bond acceptors (Lipinski definition) is 2. The number of carbonyl (C=O) groups excluding carboxylic acids is 1. The van der Waals surface area contributed by atoms with Gasteiger partial charge in [-0.05, 0) is 30.6 Å². The molecule has 2 unspecified atom stereocenters. The summed E-state index contributed by atoms with van der Waals surface area (Å²) in [7, 11) is 0. The van der Waals surface area contributed by atoms with Gasteiger partial charge in [-0.2, -0.15) is 0 Å². The third-order valence-electron chi connectivity index (χ3n) is 4.01. The fourth-order valence-electron chi connectivity index (χ4n) is 2.99. The molecule has 2 nitrogen and oxygen atoms in total. The summed E-state index contributed by atoms with van der Waals surface area (Å²) in [6, 6.07) is 0. The first-order valence-electron chi connectivity index (χ1n) is 5.81. The number of ether oxygens (including phenoxy) is 1. The van der Waals surface area contributed by atoms with E-state index in [9.17, 15) is 4.79 Å². The van der Waals surface area contributed by atoms with Gasteiger partial charge in [-0.25, -0.2) is 0 Å². The second-order valence-electron chi connectivity index (χ2n) is 5.90. The van der Waals surface area contributed by atoms with Crippen molar-refractivity contribution in [3.8, 4) is 0 Å². The molecule has 0 saturated heterocycles. The average molecular weight is 208 g/mol. The number of allylic oxidation sites excluding steroid dienone is 1. The lowest BCUT2D eigenvalue weighted by molar-refractivity contribution is -0.133. The Hall–Kier alpha value is -0.790. The van der Waals surface area contributed by atoms with Gasteiger partial charge in [-0.3, -0.25) is 4.79 Å². The number of carbonyl (C=O) groups is 1. The van der Waals surface area contributed by atoms with Crippen LogP contribution in [0.15, 0.2) is 12.3 Å². The van der Waals surface area contributed by atoms with Crippen molar-refractivity contribution < 1.29 is 9.53 Å². The Kier molecular flexibility index (Phi) is 2.40. The fraction of sp³-hybridized carbons (Fsp3) is 0.769. The summed E-state index contributed by atoms with van der Waals surface area (Å²) in [5.74, 6) is 0.683. The topological polar surface area (TPSA) is 26.3 Å². The van der Waals surface area contributed by atoms with E-state index in [4.69, 9.17) is 4.74 Å². The Morgan fingerprint density at radius 3 is 2.73 bits per heavy atom. The van der Waals surface area contributed by atoms with E-state index in [1.54, 1.807) is 12.3 Å². The van der Waals surface area contributed by atoms with Crippen LogP contribution in [0.4, 0.5) is 0 Å². The molecule has 1 fully saturated rings. The van der Waals surface area contributed by atoms with Gasteiger partial charge >= 0.3 is 0 Å². The maximum absolute atomic E-state index is 11.5. The molecular weight excluding hydrogens is 188 g/mol. The van der Waals surface area contributed by atoms with Crippen molar-refractivity contribution in [3.05, 3.63) is 12.3 Å². The summed E-state index contributed by atoms with van der Waals surface area (Å²) in [4.78, 5) is 11.5. The van der Waals surface area contributed by atoms with Gasteiger partial charge in [0.25, 0.3) is 0 Å². The van der Waals surface area contributed by atoms with Crippen molar-refractivity contribution >= 4 is 5.78 Å². The zero-order chi connectivity index (χ0) is 11.1. The molecule has 2 rings (SSSR count). The highest BCUT2D eigenvalue weighted by Gasteiger charge is 2.47. The molecule has 15 heavy (non-hydrogen) atoms. The van der Waals surface area contributed by atoms with Crippen molar-refractivity contribution in [2.75, 3.05) is 0 Å². The molecule has 2 heteroatoms. The van der Waals surface area contributed by atoms with Crippen molar-refractivity contribution in [2.45, 2.75) is 52.1 Å². The maximum atomic E-state index is 11.5. The van der Waals surface area contributed by atoms with Gasteiger partial charge in [0, 0.05) is 6.08 Å². The van der Waals surface area contributed by atoms with Crippen LogP contribution in [-0.4, -0.2) is 11.4 Å². The molecule has 0 amide bonds. The summed E-state index contributed by atoms with van der Waals surface area (Å²) < 4.78 is 5.78. The van der Waals surface area contributed by atoms with Gasteiger partial charge in [0.1, 0.15) is 5.60 Å². The Morgan fingerprint density at radius 1 is 1.40 bits per heavy atom. The number of ketones is 1. The first kappa shape index (κ1) is 10.7. The van der Waals surface area contributed by atoms with E-state index in [2.05, 4.69) is 20.8 Å². The van der Waals surface area contributed by atoms with Crippen LogP contribution in [0.25, 0.3) is 0 Å². The molecule has 1 aliphatic carbocycles. The molecule has 1 saturated carbocycles. The SMILES string of the molecule is CC1CC(C)(C)CCC12CC(=O)C=CO2. The van der Waals surface area contributed by atoms with E-state index in [0.29, 0.717) is 17.8 Å². The average Bonchev–Trinajstić information content (AvgIpc) is 2.12. The minimum Gasteiger partial charge on any atom is -0.494 e. The van der Waals surface area contributed by atoms with Crippen LogP contribution < -0.4 is 0 Å². The summed E-state index contributed by atoms with van der Waals surface area (Å²) >= 11 is 0. The van der Waals surface area contributed by atoms with Crippen LogP contribution in [0, 0.1) is 11.3 Å². The summed E-state index contributed by atoms with van der Waals surface area (Å²) in [5.41, 5.74) is 0.208. The molecule has 2 atom stereocenters. The molecule has 84 valence electrons. The summed E-state index contributed by atoms with van der Waals surface area (Å²) in [6.07, 6.45) is 7.03. The van der Waals surface area contributed by atoms with E-state index in [1.807, 2.05) is 0 Å².